The number of hydrogen-bond donors (Lipinski definition) is 2. The number of rotatable bonds is 6. The summed E-state index contributed by atoms with van der Waals surface area (Å²) >= 11 is 1.24. The number of carbonyl (C=O) groups is 1. The first kappa shape index (κ1) is 20.3. The highest BCUT2D eigenvalue weighted by Gasteiger charge is 2.15. The number of nitrogens with one attached hydrogen (secondary N) is 2. The van der Waals surface area contributed by atoms with E-state index in [1.54, 1.807) is 0 Å². The Morgan fingerprint density at radius 3 is 2.47 bits per heavy atom. The van der Waals surface area contributed by atoms with Crippen LogP contribution >= 0.6 is 11.3 Å². The van der Waals surface area contributed by atoms with Crippen molar-refractivity contribution in [3.8, 4) is 5.75 Å². The Labute approximate surface area is 178 Å². The van der Waals surface area contributed by atoms with Crippen LogP contribution < -0.4 is 15.4 Å². The minimum atomic E-state index is -0.469. The van der Waals surface area contributed by atoms with Crippen molar-refractivity contribution in [1.82, 2.24) is 10.2 Å². The number of nitrogens with zero attached hydrogens (tertiary/aromatic N) is 2. The van der Waals surface area contributed by atoms with Gasteiger partial charge in [-0.3, -0.25) is 5.32 Å². The predicted molar refractivity (Wildman–Crippen MR) is 116 cm³/mol. The molecule has 0 radical (unpaired) electrons. The SMILES string of the molecule is O=C(Nc1ccc(F)cc1)Nc1nnc(COc2ccc(C3CCCCC3)cc2)s1. The zero-order chi connectivity index (χ0) is 20.8. The molecule has 1 fully saturated rings. The van der Waals surface area contributed by atoms with Gasteiger partial charge in [0.1, 0.15) is 18.2 Å². The zero-order valence-electron chi connectivity index (χ0n) is 16.4. The van der Waals surface area contributed by atoms with Crippen molar-refractivity contribution in [1.29, 1.82) is 0 Å². The third-order valence-corrected chi connectivity index (χ3v) is 5.92. The van der Waals surface area contributed by atoms with Crippen LogP contribution in [0.2, 0.25) is 0 Å². The smallest absolute Gasteiger partial charge is 0.325 e. The van der Waals surface area contributed by atoms with E-state index >= 15 is 0 Å². The average molecular weight is 427 g/mol. The van der Waals surface area contributed by atoms with E-state index in [0.717, 1.165) is 5.75 Å². The number of aromatic nitrogens is 2. The van der Waals surface area contributed by atoms with Crippen molar-refractivity contribution in [2.24, 2.45) is 0 Å². The van der Waals surface area contributed by atoms with Crippen LogP contribution in [-0.4, -0.2) is 16.2 Å². The molecule has 0 aliphatic heterocycles. The zero-order valence-corrected chi connectivity index (χ0v) is 17.3. The van der Waals surface area contributed by atoms with Crippen molar-refractivity contribution < 1.29 is 13.9 Å². The Morgan fingerprint density at radius 1 is 1.00 bits per heavy atom. The van der Waals surface area contributed by atoms with Gasteiger partial charge in [-0.15, -0.1) is 10.2 Å². The number of halogens is 1. The highest BCUT2D eigenvalue weighted by atomic mass is 32.1. The van der Waals surface area contributed by atoms with Crippen molar-refractivity contribution >= 4 is 28.2 Å². The molecule has 0 spiro atoms. The Kier molecular flexibility index (Phi) is 6.53. The minimum Gasteiger partial charge on any atom is -0.486 e. The van der Waals surface area contributed by atoms with Gasteiger partial charge in [0.05, 0.1) is 0 Å². The van der Waals surface area contributed by atoms with Crippen LogP contribution in [0, 0.1) is 5.82 Å². The van der Waals surface area contributed by atoms with E-state index < -0.39 is 6.03 Å². The lowest BCUT2D eigenvalue weighted by Gasteiger charge is -2.22. The molecule has 4 rings (SSSR count). The van der Waals surface area contributed by atoms with Crippen LogP contribution in [-0.2, 0) is 6.61 Å². The normalized spacial score (nSPS) is 14.3. The summed E-state index contributed by atoms with van der Waals surface area (Å²) in [5.74, 6) is 1.09. The molecular weight excluding hydrogens is 403 g/mol. The van der Waals surface area contributed by atoms with E-state index in [1.165, 1.54) is 73.3 Å². The van der Waals surface area contributed by atoms with E-state index in [0.29, 0.717) is 21.7 Å². The molecule has 0 bridgehead atoms. The summed E-state index contributed by atoms with van der Waals surface area (Å²) < 4.78 is 18.7. The van der Waals surface area contributed by atoms with E-state index in [2.05, 4.69) is 33.0 Å². The minimum absolute atomic E-state index is 0.279. The summed E-state index contributed by atoms with van der Waals surface area (Å²) in [4.78, 5) is 12.0. The fourth-order valence-electron chi connectivity index (χ4n) is 3.57. The monoisotopic (exact) mass is 426 g/mol. The van der Waals surface area contributed by atoms with Crippen LogP contribution in [0.1, 0.15) is 48.6 Å². The molecule has 1 aliphatic carbocycles. The van der Waals surface area contributed by atoms with Gasteiger partial charge >= 0.3 is 6.03 Å². The third kappa shape index (κ3) is 5.54. The number of hydrogen-bond acceptors (Lipinski definition) is 5. The number of amides is 2. The van der Waals surface area contributed by atoms with Gasteiger partial charge in [0.15, 0.2) is 5.01 Å². The first-order valence-corrected chi connectivity index (χ1v) is 10.9. The molecule has 1 saturated carbocycles. The number of benzene rings is 2. The maximum atomic E-state index is 12.9. The largest absolute Gasteiger partial charge is 0.486 e. The molecule has 1 heterocycles. The Hall–Kier alpha value is -3.00. The van der Waals surface area contributed by atoms with Crippen molar-refractivity contribution in [2.75, 3.05) is 10.6 Å². The summed E-state index contributed by atoms with van der Waals surface area (Å²) in [6.45, 7) is 0.279. The maximum absolute atomic E-state index is 12.9. The number of ether oxygens (including phenoxy) is 1. The van der Waals surface area contributed by atoms with Crippen molar-refractivity contribution in [3.05, 3.63) is 64.9 Å². The van der Waals surface area contributed by atoms with E-state index in [1.807, 2.05) is 12.1 Å². The second-order valence-corrected chi connectivity index (χ2v) is 8.34. The molecule has 6 nitrogen and oxygen atoms in total. The predicted octanol–water partition coefficient (Wildman–Crippen LogP) is 5.95. The van der Waals surface area contributed by atoms with E-state index in [-0.39, 0.29) is 12.4 Å². The standard InChI is InChI=1S/C22H23FN4O2S/c23-17-8-10-18(11-9-17)24-21(28)25-22-27-26-20(30-22)14-29-19-12-6-16(7-13-19)15-4-2-1-3-5-15/h6-13,15H,1-5,14H2,(H2,24,25,27,28). The molecule has 2 amide bonds. The van der Waals surface area contributed by atoms with Gasteiger partial charge in [0, 0.05) is 5.69 Å². The van der Waals surface area contributed by atoms with Crippen LogP contribution in [0.25, 0.3) is 0 Å². The molecule has 0 saturated heterocycles. The quantitative estimate of drug-likeness (QED) is 0.511. The summed E-state index contributed by atoms with van der Waals surface area (Å²) in [5.41, 5.74) is 1.87. The van der Waals surface area contributed by atoms with Gasteiger partial charge in [-0.1, -0.05) is 42.7 Å². The van der Waals surface area contributed by atoms with Crippen LogP contribution in [0.15, 0.2) is 48.5 Å². The Bertz CT molecular complexity index is 970. The lowest BCUT2D eigenvalue weighted by Crippen LogP contribution is -2.19. The topological polar surface area (TPSA) is 76.1 Å². The number of carbonyl (C=O) groups excluding carboxylic acids is 1. The van der Waals surface area contributed by atoms with Crippen LogP contribution in [0.5, 0.6) is 5.75 Å². The third-order valence-electron chi connectivity index (χ3n) is 5.11. The summed E-state index contributed by atoms with van der Waals surface area (Å²) in [5, 5.41) is 14.2. The van der Waals surface area contributed by atoms with Gasteiger partial charge in [-0.05, 0) is 60.7 Å². The molecular formula is C22H23FN4O2S. The molecule has 3 aromatic rings. The summed E-state index contributed by atoms with van der Waals surface area (Å²) in [6.07, 6.45) is 6.53. The van der Waals surface area contributed by atoms with Gasteiger partial charge < -0.3 is 10.1 Å². The Balaban J connectivity index is 1.26. The van der Waals surface area contributed by atoms with Crippen LogP contribution in [0.4, 0.5) is 20.0 Å². The highest BCUT2D eigenvalue weighted by Crippen LogP contribution is 2.33. The van der Waals surface area contributed by atoms with Gasteiger partial charge in [-0.2, -0.15) is 0 Å². The molecule has 8 heteroatoms. The van der Waals surface area contributed by atoms with Crippen LogP contribution in [0.3, 0.4) is 0 Å². The molecule has 2 N–H and O–H groups in total. The lowest BCUT2D eigenvalue weighted by atomic mass is 9.84. The molecule has 156 valence electrons. The fourth-order valence-corrected chi connectivity index (χ4v) is 4.22. The first-order chi connectivity index (χ1) is 14.7. The van der Waals surface area contributed by atoms with Gasteiger partial charge in [-0.25, -0.2) is 9.18 Å². The molecule has 1 aliphatic rings. The lowest BCUT2D eigenvalue weighted by molar-refractivity contribution is 0.262. The molecule has 2 aromatic carbocycles. The Morgan fingerprint density at radius 2 is 1.73 bits per heavy atom. The summed E-state index contributed by atoms with van der Waals surface area (Å²) in [7, 11) is 0. The van der Waals surface area contributed by atoms with Crippen molar-refractivity contribution in [2.45, 2.75) is 44.6 Å². The number of anilines is 2. The molecule has 1 aromatic heterocycles. The van der Waals surface area contributed by atoms with Crippen molar-refractivity contribution in [3.63, 3.8) is 0 Å². The second kappa shape index (κ2) is 9.67. The second-order valence-electron chi connectivity index (χ2n) is 7.28. The summed E-state index contributed by atoms with van der Waals surface area (Å²) in [6, 6.07) is 13.3. The molecule has 30 heavy (non-hydrogen) atoms. The average Bonchev–Trinajstić information content (AvgIpc) is 3.22. The fraction of sp³-hybridized carbons (Fsp3) is 0.318. The molecule has 0 atom stereocenters. The number of urea groups is 1. The van der Waals surface area contributed by atoms with E-state index in [4.69, 9.17) is 4.74 Å². The highest BCUT2D eigenvalue weighted by molar-refractivity contribution is 7.15. The van der Waals surface area contributed by atoms with Gasteiger partial charge in [0.2, 0.25) is 5.13 Å². The van der Waals surface area contributed by atoms with E-state index in [9.17, 15) is 9.18 Å². The first-order valence-electron chi connectivity index (χ1n) is 10.0. The van der Waals surface area contributed by atoms with Gasteiger partial charge in [0.25, 0.3) is 0 Å². The molecule has 0 unspecified atom stereocenters. The maximum Gasteiger partial charge on any atom is 0.325 e.